The molecule has 3 rings (SSSR count). The molecule has 0 spiro atoms. The molecule has 0 saturated carbocycles. The van der Waals surface area contributed by atoms with Gasteiger partial charge in [0, 0.05) is 37.6 Å². The van der Waals surface area contributed by atoms with Crippen LogP contribution in [0, 0.1) is 0 Å². The molecule has 1 saturated heterocycles. The van der Waals surface area contributed by atoms with Crippen LogP contribution in [0.5, 0.6) is 0 Å². The van der Waals surface area contributed by atoms with Crippen molar-refractivity contribution in [2.75, 3.05) is 6.54 Å². The molecule has 120 valence electrons. The number of benzene rings is 1. The van der Waals surface area contributed by atoms with Crippen LogP contribution in [0.1, 0.15) is 29.3 Å². The minimum Gasteiger partial charge on any atom is -0.348 e. The van der Waals surface area contributed by atoms with E-state index in [2.05, 4.69) is 46.4 Å². The SMILES string of the molecule is CC1CC(NC(=O)c2ccncc2Cl)CN1Cc1ccccc1. The number of likely N-dealkylation sites (tertiary alicyclic amines) is 1. The Bertz CT molecular complexity index is 677. The van der Waals surface area contributed by atoms with Crippen molar-refractivity contribution >= 4 is 17.5 Å². The third-order valence-corrected chi connectivity index (χ3v) is 4.59. The maximum absolute atomic E-state index is 12.4. The quantitative estimate of drug-likeness (QED) is 0.937. The van der Waals surface area contributed by atoms with Crippen LogP contribution in [0.25, 0.3) is 0 Å². The van der Waals surface area contributed by atoms with Crippen LogP contribution in [0.2, 0.25) is 5.02 Å². The van der Waals surface area contributed by atoms with Crippen LogP contribution < -0.4 is 5.32 Å². The Morgan fingerprint density at radius 3 is 2.87 bits per heavy atom. The highest BCUT2D eigenvalue weighted by Gasteiger charge is 2.30. The van der Waals surface area contributed by atoms with Gasteiger partial charge in [0.05, 0.1) is 10.6 Å². The van der Waals surface area contributed by atoms with Gasteiger partial charge in [-0.15, -0.1) is 0 Å². The van der Waals surface area contributed by atoms with Crippen LogP contribution in [-0.4, -0.2) is 34.4 Å². The molecule has 1 aliphatic heterocycles. The first kappa shape index (κ1) is 16.0. The highest BCUT2D eigenvalue weighted by Crippen LogP contribution is 2.21. The van der Waals surface area contributed by atoms with E-state index in [0.29, 0.717) is 16.6 Å². The molecule has 1 aliphatic rings. The Balaban J connectivity index is 1.60. The lowest BCUT2D eigenvalue weighted by Crippen LogP contribution is -2.37. The van der Waals surface area contributed by atoms with E-state index in [-0.39, 0.29) is 11.9 Å². The lowest BCUT2D eigenvalue weighted by Gasteiger charge is -2.20. The second-order valence-electron chi connectivity index (χ2n) is 6.03. The van der Waals surface area contributed by atoms with Crippen LogP contribution in [0.4, 0.5) is 0 Å². The molecule has 0 radical (unpaired) electrons. The Morgan fingerprint density at radius 2 is 2.13 bits per heavy atom. The molecule has 23 heavy (non-hydrogen) atoms. The number of pyridine rings is 1. The van der Waals surface area contributed by atoms with Crippen molar-refractivity contribution in [2.24, 2.45) is 0 Å². The molecule has 2 unspecified atom stereocenters. The van der Waals surface area contributed by atoms with Crippen LogP contribution in [-0.2, 0) is 6.54 Å². The van der Waals surface area contributed by atoms with E-state index in [1.807, 2.05) is 6.07 Å². The Hall–Kier alpha value is -1.91. The van der Waals surface area contributed by atoms with E-state index in [4.69, 9.17) is 11.6 Å². The van der Waals surface area contributed by atoms with Crippen molar-refractivity contribution in [1.82, 2.24) is 15.2 Å². The van der Waals surface area contributed by atoms with Crippen molar-refractivity contribution < 1.29 is 4.79 Å². The van der Waals surface area contributed by atoms with Gasteiger partial charge in [0.2, 0.25) is 0 Å². The summed E-state index contributed by atoms with van der Waals surface area (Å²) in [7, 11) is 0. The zero-order valence-electron chi connectivity index (χ0n) is 13.1. The van der Waals surface area contributed by atoms with Gasteiger partial charge in [0.1, 0.15) is 0 Å². The number of rotatable bonds is 4. The average molecular weight is 330 g/mol. The van der Waals surface area contributed by atoms with E-state index in [1.165, 1.54) is 11.8 Å². The molecule has 1 aromatic heterocycles. The average Bonchev–Trinajstić information content (AvgIpc) is 2.88. The highest BCUT2D eigenvalue weighted by molar-refractivity contribution is 6.33. The largest absolute Gasteiger partial charge is 0.348 e. The summed E-state index contributed by atoms with van der Waals surface area (Å²) in [5.74, 6) is -0.129. The Kier molecular flexibility index (Phi) is 4.94. The molecule has 1 fully saturated rings. The lowest BCUT2D eigenvalue weighted by molar-refractivity contribution is 0.0937. The summed E-state index contributed by atoms with van der Waals surface area (Å²) in [5.41, 5.74) is 1.78. The zero-order chi connectivity index (χ0) is 16.2. The molecule has 2 aromatic rings. The number of amides is 1. The highest BCUT2D eigenvalue weighted by atomic mass is 35.5. The van der Waals surface area contributed by atoms with Crippen molar-refractivity contribution in [3.63, 3.8) is 0 Å². The second kappa shape index (κ2) is 7.11. The molecular formula is C18H20ClN3O. The molecule has 5 heteroatoms. The molecule has 1 amide bonds. The van der Waals surface area contributed by atoms with Gasteiger partial charge in [-0.1, -0.05) is 41.9 Å². The summed E-state index contributed by atoms with van der Waals surface area (Å²) in [6.45, 7) is 3.96. The topological polar surface area (TPSA) is 45.2 Å². The van der Waals surface area contributed by atoms with Crippen molar-refractivity contribution in [2.45, 2.75) is 32.0 Å². The van der Waals surface area contributed by atoms with Gasteiger partial charge < -0.3 is 5.32 Å². The summed E-state index contributed by atoms with van der Waals surface area (Å²) >= 11 is 6.04. The van der Waals surface area contributed by atoms with E-state index >= 15 is 0 Å². The summed E-state index contributed by atoms with van der Waals surface area (Å²) < 4.78 is 0. The molecule has 2 heterocycles. The lowest BCUT2D eigenvalue weighted by atomic mass is 10.1. The maximum atomic E-state index is 12.4. The maximum Gasteiger partial charge on any atom is 0.253 e. The first-order chi connectivity index (χ1) is 11.1. The third-order valence-electron chi connectivity index (χ3n) is 4.28. The first-order valence-electron chi connectivity index (χ1n) is 7.82. The van der Waals surface area contributed by atoms with Gasteiger partial charge in [-0.05, 0) is 25.0 Å². The van der Waals surface area contributed by atoms with Gasteiger partial charge in [-0.2, -0.15) is 0 Å². The molecule has 0 bridgehead atoms. The fourth-order valence-corrected chi connectivity index (χ4v) is 3.27. The standard InChI is InChI=1S/C18H20ClN3O/c1-13-9-15(12-22(13)11-14-5-3-2-4-6-14)21-18(23)16-7-8-20-10-17(16)19/h2-8,10,13,15H,9,11-12H2,1H3,(H,21,23). The third kappa shape index (κ3) is 3.89. The van der Waals surface area contributed by atoms with E-state index in [0.717, 1.165) is 19.5 Å². The number of nitrogens with one attached hydrogen (secondary N) is 1. The zero-order valence-corrected chi connectivity index (χ0v) is 13.8. The fraction of sp³-hybridized carbons (Fsp3) is 0.333. The molecular weight excluding hydrogens is 310 g/mol. The van der Waals surface area contributed by atoms with Crippen LogP contribution >= 0.6 is 11.6 Å². The number of carbonyl (C=O) groups excluding carboxylic acids is 1. The molecule has 0 aliphatic carbocycles. The van der Waals surface area contributed by atoms with Crippen molar-refractivity contribution in [1.29, 1.82) is 0 Å². The van der Waals surface area contributed by atoms with Gasteiger partial charge in [-0.25, -0.2) is 0 Å². The predicted molar refractivity (Wildman–Crippen MR) is 91.4 cm³/mol. The van der Waals surface area contributed by atoms with Crippen LogP contribution in [0.3, 0.4) is 0 Å². The first-order valence-corrected chi connectivity index (χ1v) is 8.19. The van der Waals surface area contributed by atoms with Gasteiger partial charge in [0.25, 0.3) is 5.91 Å². The number of halogens is 1. The van der Waals surface area contributed by atoms with E-state index in [9.17, 15) is 4.79 Å². The number of nitrogens with zero attached hydrogens (tertiary/aromatic N) is 2. The second-order valence-corrected chi connectivity index (χ2v) is 6.43. The van der Waals surface area contributed by atoms with Crippen molar-refractivity contribution in [3.8, 4) is 0 Å². The molecule has 1 N–H and O–H groups in total. The summed E-state index contributed by atoms with van der Waals surface area (Å²) in [5, 5.41) is 3.48. The van der Waals surface area contributed by atoms with Gasteiger partial charge >= 0.3 is 0 Å². The number of aromatic nitrogens is 1. The Labute approximate surface area is 141 Å². The summed E-state index contributed by atoms with van der Waals surface area (Å²) in [6.07, 6.45) is 4.02. The molecule has 4 nitrogen and oxygen atoms in total. The van der Waals surface area contributed by atoms with E-state index in [1.54, 1.807) is 12.3 Å². The molecule has 1 aromatic carbocycles. The van der Waals surface area contributed by atoms with Crippen LogP contribution in [0.15, 0.2) is 48.8 Å². The normalized spacial score (nSPS) is 21.3. The minimum absolute atomic E-state index is 0.129. The number of hydrogen-bond donors (Lipinski definition) is 1. The van der Waals surface area contributed by atoms with E-state index < -0.39 is 0 Å². The minimum atomic E-state index is -0.129. The monoisotopic (exact) mass is 329 g/mol. The summed E-state index contributed by atoms with van der Waals surface area (Å²) in [4.78, 5) is 18.7. The van der Waals surface area contributed by atoms with Gasteiger partial charge in [-0.3, -0.25) is 14.7 Å². The molecule has 2 atom stereocenters. The number of hydrogen-bond acceptors (Lipinski definition) is 3. The Morgan fingerprint density at radius 1 is 1.35 bits per heavy atom. The number of carbonyl (C=O) groups is 1. The van der Waals surface area contributed by atoms with Gasteiger partial charge in [0.15, 0.2) is 0 Å². The fourth-order valence-electron chi connectivity index (χ4n) is 3.06. The predicted octanol–water partition coefficient (Wildman–Crippen LogP) is 3.13. The van der Waals surface area contributed by atoms with Crippen molar-refractivity contribution in [3.05, 3.63) is 64.9 Å². The smallest absolute Gasteiger partial charge is 0.253 e. The summed E-state index contributed by atoms with van der Waals surface area (Å²) in [6, 6.07) is 12.6.